The fourth-order valence-electron chi connectivity index (χ4n) is 0.981. The molecule has 0 unspecified atom stereocenters. The van der Waals surface area contributed by atoms with Gasteiger partial charge in [-0.2, -0.15) is 13.2 Å². The Kier molecular flexibility index (Phi) is 6.17. The number of halogens is 4. The summed E-state index contributed by atoms with van der Waals surface area (Å²) in [7, 11) is 0. The van der Waals surface area contributed by atoms with Gasteiger partial charge in [-0.25, -0.2) is 10.7 Å². The SMILES string of the molecule is [Cl-].[NH3+]OCCOc1cccc(C(F)(F)F)c1. The molecule has 7 heteroatoms. The number of hydrogen-bond donors (Lipinski definition) is 1. The van der Waals surface area contributed by atoms with Crippen LogP contribution in [0.1, 0.15) is 5.56 Å². The van der Waals surface area contributed by atoms with E-state index in [9.17, 15) is 13.2 Å². The van der Waals surface area contributed by atoms with Crippen molar-refractivity contribution in [3.05, 3.63) is 29.8 Å². The minimum atomic E-state index is -4.35. The van der Waals surface area contributed by atoms with Gasteiger partial charge >= 0.3 is 6.18 Å². The zero-order valence-corrected chi connectivity index (χ0v) is 9.02. The Morgan fingerprint density at radius 2 is 1.88 bits per heavy atom. The van der Waals surface area contributed by atoms with E-state index < -0.39 is 11.7 Å². The molecule has 0 aliphatic carbocycles. The molecule has 0 spiro atoms. The molecule has 0 heterocycles. The first-order valence-electron chi connectivity index (χ1n) is 4.21. The lowest BCUT2D eigenvalue weighted by Gasteiger charge is -2.09. The molecule has 0 saturated carbocycles. The van der Waals surface area contributed by atoms with Crippen LogP contribution in [0, 0.1) is 0 Å². The van der Waals surface area contributed by atoms with Crippen molar-refractivity contribution in [3.63, 3.8) is 0 Å². The highest BCUT2D eigenvalue weighted by molar-refractivity contribution is 5.30. The van der Waals surface area contributed by atoms with Crippen LogP contribution in [-0.4, -0.2) is 13.2 Å². The topological polar surface area (TPSA) is 46.1 Å². The maximum absolute atomic E-state index is 12.3. The van der Waals surface area contributed by atoms with Crippen molar-refractivity contribution in [2.24, 2.45) is 0 Å². The minimum absolute atomic E-state index is 0. The number of benzene rings is 1. The van der Waals surface area contributed by atoms with Crippen LogP contribution in [0.2, 0.25) is 0 Å². The predicted octanol–water partition coefficient (Wildman–Crippen LogP) is -1.74. The lowest BCUT2D eigenvalue weighted by molar-refractivity contribution is -0.689. The summed E-state index contributed by atoms with van der Waals surface area (Å²) in [4.78, 5) is 4.46. The van der Waals surface area contributed by atoms with Gasteiger partial charge in [0.1, 0.15) is 19.0 Å². The van der Waals surface area contributed by atoms with Gasteiger partial charge in [-0.1, -0.05) is 6.07 Å². The summed E-state index contributed by atoms with van der Waals surface area (Å²) in [6.07, 6.45) is -4.35. The van der Waals surface area contributed by atoms with Gasteiger partial charge in [0.2, 0.25) is 0 Å². The summed E-state index contributed by atoms with van der Waals surface area (Å²) >= 11 is 0. The van der Waals surface area contributed by atoms with Gasteiger partial charge in [0, 0.05) is 0 Å². The largest absolute Gasteiger partial charge is 1.00 e. The molecule has 0 atom stereocenters. The first kappa shape index (κ1) is 15.0. The van der Waals surface area contributed by atoms with Gasteiger partial charge in [-0.3, -0.25) is 0 Å². The molecular weight excluding hydrogens is 247 g/mol. The van der Waals surface area contributed by atoms with E-state index in [0.717, 1.165) is 12.1 Å². The Balaban J connectivity index is 0.00000225. The molecular formula is C9H11ClF3NO2. The molecule has 0 radical (unpaired) electrons. The number of alkyl halides is 3. The van der Waals surface area contributed by atoms with Gasteiger partial charge < -0.3 is 17.1 Å². The maximum atomic E-state index is 12.3. The molecule has 1 aromatic carbocycles. The molecule has 0 aromatic heterocycles. The van der Waals surface area contributed by atoms with Crippen LogP contribution in [0.5, 0.6) is 5.75 Å². The second-order valence-electron chi connectivity index (χ2n) is 2.78. The molecule has 0 fully saturated rings. The number of rotatable bonds is 4. The highest BCUT2D eigenvalue weighted by Gasteiger charge is 2.30. The molecule has 1 rings (SSSR count). The fourth-order valence-corrected chi connectivity index (χ4v) is 0.981. The summed E-state index contributed by atoms with van der Waals surface area (Å²) in [5.41, 5.74) is -0.726. The molecule has 0 bridgehead atoms. The Hall–Kier alpha value is -0.980. The molecule has 0 aliphatic heterocycles. The summed E-state index contributed by atoms with van der Waals surface area (Å²) in [6.45, 7) is 0.404. The number of hydrogen-bond acceptors (Lipinski definition) is 2. The maximum Gasteiger partial charge on any atom is 0.416 e. The molecule has 0 aliphatic rings. The average molecular weight is 258 g/mol. The Bertz CT molecular complexity index is 320. The number of quaternary nitrogens is 1. The third-order valence-electron chi connectivity index (χ3n) is 1.66. The fraction of sp³-hybridized carbons (Fsp3) is 0.333. The van der Waals surface area contributed by atoms with Crippen LogP contribution in [0.3, 0.4) is 0 Å². The van der Waals surface area contributed by atoms with Gasteiger partial charge in [-0.15, -0.1) is 0 Å². The van der Waals surface area contributed by atoms with Crippen molar-refractivity contribution in [1.82, 2.24) is 0 Å². The average Bonchev–Trinajstić information content (AvgIpc) is 2.17. The molecule has 16 heavy (non-hydrogen) atoms. The second kappa shape index (κ2) is 6.57. The van der Waals surface area contributed by atoms with Crippen LogP contribution in [0.4, 0.5) is 13.2 Å². The van der Waals surface area contributed by atoms with Crippen LogP contribution >= 0.6 is 0 Å². The van der Waals surface area contributed by atoms with Gasteiger partial charge in [-0.05, 0) is 18.2 Å². The summed E-state index contributed by atoms with van der Waals surface area (Å²) in [6, 6.07) is 4.69. The third kappa shape index (κ3) is 4.69. The quantitative estimate of drug-likeness (QED) is 0.514. The Morgan fingerprint density at radius 3 is 2.44 bits per heavy atom. The highest BCUT2D eigenvalue weighted by atomic mass is 35.5. The standard InChI is InChI=1S/C9H11F3NO2.ClH/c10-9(11,12)7-2-1-3-8(6-7)14-4-5-15-13;/h1-3,6H,4-5H2,13H3;1H/q+1;/p-1. The van der Waals surface area contributed by atoms with E-state index in [0.29, 0.717) is 0 Å². The van der Waals surface area contributed by atoms with Gasteiger partial charge in [0.15, 0.2) is 0 Å². The van der Waals surface area contributed by atoms with Crippen molar-refractivity contribution >= 4 is 0 Å². The van der Waals surface area contributed by atoms with Gasteiger partial charge in [0.25, 0.3) is 0 Å². The van der Waals surface area contributed by atoms with Crippen molar-refractivity contribution in [2.45, 2.75) is 6.18 Å². The Labute approximate surface area is 96.7 Å². The van der Waals surface area contributed by atoms with Crippen molar-refractivity contribution < 1.29 is 41.0 Å². The normalized spacial score (nSPS) is 10.8. The van der Waals surface area contributed by atoms with Crippen molar-refractivity contribution in [2.75, 3.05) is 13.2 Å². The smallest absolute Gasteiger partial charge is 0.416 e. The minimum Gasteiger partial charge on any atom is -1.00 e. The molecule has 1 aromatic rings. The van der Waals surface area contributed by atoms with E-state index in [1.54, 1.807) is 0 Å². The predicted molar refractivity (Wildman–Crippen MR) is 45.8 cm³/mol. The molecule has 3 nitrogen and oxygen atoms in total. The molecule has 92 valence electrons. The second-order valence-corrected chi connectivity index (χ2v) is 2.78. The summed E-state index contributed by atoms with van der Waals surface area (Å²) in [5.74, 6) is 3.28. The Morgan fingerprint density at radius 1 is 1.19 bits per heavy atom. The highest BCUT2D eigenvalue weighted by Crippen LogP contribution is 2.31. The van der Waals surface area contributed by atoms with Crippen LogP contribution in [0.25, 0.3) is 0 Å². The van der Waals surface area contributed by atoms with E-state index in [-0.39, 0.29) is 31.4 Å². The molecule has 0 amide bonds. The third-order valence-corrected chi connectivity index (χ3v) is 1.66. The van der Waals surface area contributed by atoms with E-state index in [1.165, 1.54) is 12.1 Å². The summed E-state index contributed by atoms with van der Waals surface area (Å²) < 4.78 is 41.8. The van der Waals surface area contributed by atoms with Crippen LogP contribution in [-0.2, 0) is 11.0 Å². The van der Waals surface area contributed by atoms with E-state index in [4.69, 9.17) is 4.74 Å². The first-order chi connectivity index (χ1) is 7.04. The van der Waals surface area contributed by atoms with Crippen molar-refractivity contribution in [1.29, 1.82) is 0 Å². The van der Waals surface area contributed by atoms with E-state index >= 15 is 0 Å². The lowest BCUT2D eigenvalue weighted by Crippen LogP contribution is -3.00. The van der Waals surface area contributed by atoms with E-state index in [1.807, 2.05) is 0 Å². The van der Waals surface area contributed by atoms with Crippen LogP contribution < -0.4 is 23.0 Å². The molecule has 0 saturated heterocycles. The lowest BCUT2D eigenvalue weighted by atomic mass is 10.2. The van der Waals surface area contributed by atoms with Crippen molar-refractivity contribution in [3.8, 4) is 5.75 Å². The summed E-state index contributed by atoms with van der Waals surface area (Å²) in [5, 5.41) is 0. The monoisotopic (exact) mass is 257 g/mol. The van der Waals surface area contributed by atoms with E-state index in [2.05, 4.69) is 10.7 Å². The van der Waals surface area contributed by atoms with Crippen LogP contribution in [0.15, 0.2) is 24.3 Å². The number of ether oxygens (including phenoxy) is 1. The first-order valence-corrected chi connectivity index (χ1v) is 4.21. The van der Waals surface area contributed by atoms with Gasteiger partial charge in [0.05, 0.1) is 5.56 Å². The zero-order chi connectivity index (χ0) is 11.3. The molecule has 3 N–H and O–H groups in total. The zero-order valence-electron chi connectivity index (χ0n) is 8.26.